The zero-order valence-electron chi connectivity index (χ0n) is 23.6. The molecule has 1 amide bonds. The van der Waals surface area contributed by atoms with Gasteiger partial charge in [0, 0.05) is 18.7 Å². The molecule has 216 valence electrons. The highest BCUT2D eigenvalue weighted by atomic mass is 16.6. The zero-order chi connectivity index (χ0) is 29.1. The number of likely N-dealkylation sites (tertiary alicyclic amines) is 1. The SMILES string of the molecule is COc1cc(-c2nn(C3CCN(C(=O)OCc4ccccc4)CC3)c3ncnc(N)c23)ccc1NCc1cc(C)co1. The lowest BCUT2D eigenvalue weighted by Crippen LogP contribution is -2.39. The Morgan fingerprint density at radius 3 is 2.67 bits per heavy atom. The molecule has 0 radical (unpaired) electrons. The van der Waals surface area contributed by atoms with Crippen molar-refractivity contribution in [1.29, 1.82) is 0 Å². The number of fused-ring (bicyclic) bond motifs is 1. The smallest absolute Gasteiger partial charge is 0.410 e. The normalized spacial score (nSPS) is 13.8. The Labute approximate surface area is 243 Å². The molecule has 0 bridgehead atoms. The molecular weight excluding hydrogens is 534 g/mol. The number of nitrogens with two attached hydrogens (primary N) is 1. The minimum atomic E-state index is -0.308. The topological polar surface area (TPSA) is 134 Å². The molecule has 6 rings (SSSR count). The van der Waals surface area contributed by atoms with Gasteiger partial charge in [-0.05, 0) is 49.1 Å². The van der Waals surface area contributed by atoms with Gasteiger partial charge in [0.15, 0.2) is 5.65 Å². The van der Waals surface area contributed by atoms with Gasteiger partial charge in [0.1, 0.15) is 36.0 Å². The average Bonchev–Trinajstić information content (AvgIpc) is 3.63. The lowest BCUT2D eigenvalue weighted by atomic mass is 10.1. The van der Waals surface area contributed by atoms with Gasteiger partial charge in [-0.1, -0.05) is 36.4 Å². The van der Waals surface area contributed by atoms with E-state index in [4.69, 9.17) is 24.7 Å². The van der Waals surface area contributed by atoms with E-state index in [0.717, 1.165) is 28.1 Å². The fraction of sp³-hybridized carbons (Fsp3) is 0.290. The van der Waals surface area contributed by atoms with Crippen molar-refractivity contribution >= 4 is 28.6 Å². The van der Waals surface area contributed by atoms with Gasteiger partial charge in [-0.2, -0.15) is 5.10 Å². The van der Waals surface area contributed by atoms with Gasteiger partial charge in [0.05, 0.1) is 37.0 Å². The van der Waals surface area contributed by atoms with E-state index < -0.39 is 0 Å². The van der Waals surface area contributed by atoms with Crippen LogP contribution in [-0.4, -0.2) is 50.9 Å². The van der Waals surface area contributed by atoms with Crippen molar-refractivity contribution in [1.82, 2.24) is 24.6 Å². The summed E-state index contributed by atoms with van der Waals surface area (Å²) in [7, 11) is 1.63. The van der Waals surface area contributed by atoms with Crippen LogP contribution in [0.5, 0.6) is 5.75 Å². The van der Waals surface area contributed by atoms with E-state index in [1.54, 1.807) is 18.3 Å². The third kappa shape index (κ3) is 5.58. The Balaban J connectivity index is 1.20. The van der Waals surface area contributed by atoms with E-state index >= 15 is 0 Å². The van der Waals surface area contributed by atoms with E-state index in [-0.39, 0.29) is 18.7 Å². The van der Waals surface area contributed by atoms with Gasteiger partial charge >= 0.3 is 6.09 Å². The van der Waals surface area contributed by atoms with Crippen LogP contribution in [0.1, 0.15) is 35.8 Å². The van der Waals surface area contributed by atoms with Gasteiger partial charge in [0.2, 0.25) is 0 Å². The first-order chi connectivity index (χ1) is 20.5. The molecule has 11 heteroatoms. The maximum atomic E-state index is 12.7. The number of benzene rings is 2. The molecule has 1 fully saturated rings. The highest BCUT2D eigenvalue weighted by Crippen LogP contribution is 2.37. The van der Waals surface area contributed by atoms with Crippen molar-refractivity contribution in [2.24, 2.45) is 0 Å². The van der Waals surface area contributed by atoms with Crippen LogP contribution < -0.4 is 15.8 Å². The van der Waals surface area contributed by atoms with Gasteiger partial charge in [0.25, 0.3) is 0 Å². The van der Waals surface area contributed by atoms with Crippen LogP contribution in [0.4, 0.5) is 16.3 Å². The molecular formula is C31H33N7O4. The molecule has 1 aliphatic rings. The lowest BCUT2D eigenvalue weighted by molar-refractivity contribution is 0.0825. The van der Waals surface area contributed by atoms with E-state index in [9.17, 15) is 4.79 Å². The van der Waals surface area contributed by atoms with Crippen molar-refractivity contribution in [2.75, 3.05) is 31.2 Å². The van der Waals surface area contributed by atoms with Crippen molar-refractivity contribution in [3.05, 3.63) is 84.1 Å². The van der Waals surface area contributed by atoms with Crippen molar-refractivity contribution < 1.29 is 18.7 Å². The summed E-state index contributed by atoms with van der Waals surface area (Å²) in [4.78, 5) is 23.2. The Kier molecular flexibility index (Phi) is 7.63. The van der Waals surface area contributed by atoms with E-state index in [1.165, 1.54) is 6.33 Å². The Bertz CT molecular complexity index is 1690. The predicted molar refractivity (Wildman–Crippen MR) is 159 cm³/mol. The number of amides is 1. The van der Waals surface area contributed by atoms with Crippen LogP contribution in [0.3, 0.4) is 0 Å². The van der Waals surface area contributed by atoms with Gasteiger partial charge < -0.3 is 29.8 Å². The van der Waals surface area contributed by atoms with Gasteiger partial charge in [-0.25, -0.2) is 19.4 Å². The summed E-state index contributed by atoms with van der Waals surface area (Å²) in [5, 5.41) is 9.06. The Morgan fingerprint density at radius 2 is 1.93 bits per heavy atom. The summed E-state index contributed by atoms with van der Waals surface area (Å²) in [5.41, 5.74) is 11.4. The number of furan rings is 1. The second-order valence-corrected chi connectivity index (χ2v) is 10.4. The highest BCUT2D eigenvalue weighted by Gasteiger charge is 2.28. The maximum Gasteiger partial charge on any atom is 0.410 e. The highest BCUT2D eigenvalue weighted by molar-refractivity contribution is 5.98. The first kappa shape index (κ1) is 27.1. The summed E-state index contributed by atoms with van der Waals surface area (Å²) >= 11 is 0. The standard InChI is InChI=1S/C31H33N7O4/c1-20-14-24(41-17-20)16-33-25-9-8-22(15-26(25)40-2)28-27-29(32)34-19-35-30(27)38(36-28)23-10-12-37(13-11-23)31(39)42-18-21-6-4-3-5-7-21/h3-9,14-15,17,19,23,33H,10-13,16,18H2,1-2H3,(H2,32,34,35). The summed E-state index contributed by atoms with van der Waals surface area (Å²) in [5.74, 6) is 1.86. The molecule has 11 nitrogen and oxygen atoms in total. The molecule has 4 heterocycles. The number of carbonyl (C=O) groups excluding carboxylic acids is 1. The number of rotatable bonds is 8. The van der Waals surface area contributed by atoms with Crippen LogP contribution in [0.25, 0.3) is 22.3 Å². The van der Waals surface area contributed by atoms with E-state index in [0.29, 0.717) is 60.8 Å². The van der Waals surface area contributed by atoms with Crippen molar-refractivity contribution in [2.45, 2.75) is 39.0 Å². The fourth-order valence-corrected chi connectivity index (χ4v) is 5.31. The molecule has 3 N–H and O–H groups in total. The van der Waals surface area contributed by atoms with Crippen LogP contribution in [0.2, 0.25) is 0 Å². The quantitative estimate of drug-likeness (QED) is 0.247. The Hall–Kier alpha value is -5.06. The minimum absolute atomic E-state index is 0.0355. The summed E-state index contributed by atoms with van der Waals surface area (Å²) < 4.78 is 18.7. The zero-order valence-corrected chi connectivity index (χ0v) is 23.6. The number of nitrogens with zero attached hydrogens (tertiary/aromatic N) is 5. The lowest BCUT2D eigenvalue weighted by Gasteiger charge is -2.31. The molecule has 0 aliphatic carbocycles. The average molecular weight is 568 g/mol. The molecule has 1 saturated heterocycles. The molecule has 5 aromatic rings. The summed E-state index contributed by atoms with van der Waals surface area (Å²) in [6.07, 6.45) is 4.29. The molecule has 0 saturated carbocycles. The first-order valence-electron chi connectivity index (χ1n) is 13.9. The first-order valence-corrected chi connectivity index (χ1v) is 13.9. The summed E-state index contributed by atoms with van der Waals surface area (Å²) in [6.45, 7) is 3.88. The molecule has 0 atom stereocenters. The number of methoxy groups -OCH3 is 1. The van der Waals surface area contributed by atoms with E-state index in [1.807, 2.05) is 66.2 Å². The number of nitrogens with one attached hydrogen (secondary N) is 1. The van der Waals surface area contributed by atoms with Crippen LogP contribution in [0.15, 0.2) is 71.6 Å². The molecule has 2 aromatic carbocycles. The van der Waals surface area contributed by atoms with Crippen LogP contribution >= 0.6 is 0 Å². The van der Waals surface area contributed by atoms with Gasteiger partial charge in [-0.3, -0.25) is 0 Å². The molecule has 0 spiro atoms. The predicted octanol–water partition coefficient (Wildman–Crippen LogP) is 5.57. The van der Waals surface area contributed by atoms with Crippen LogP contribution in [0, 0.1) is 6.92 Å². The number of anilines is 2. The summed E-state index contributed by atoms with van der Waals surface area (Å²) in [6, 6.07) is 17.6. The number of carbonyl (C=O) groups is 1. The molecule has 1 aliphatic heterocycles. The largest absolute Gasteiger partial charge is 0.495 e. The number of aryl methyl sites for hydroxylation is 1. The number of ether oxygens (including phenoxy) is 2. The second-order valence-electron chi connectivity index (χ2n) is 10.4. The fourth-order valence-electron chi connectivity index (χ4n) is 5.31. The maximum absolute atomic E-state index is 12.7. The molecule has 42 heavy (non-hydrogen) atoms. The number of nitrogen functional groups attached to an aromatic ring is 1. The second kappa shape index (κ2) is 11.8. The van der Waals surface area contributed by atoms with Crippen molar-refractivity contribution in [3.8, 4) is 17.0 Å². The minimum Gasteiger partial charge on any atom is -0.495 e. The van der Waals surface area contributed by atoms with Crippen molar-refractivity contribution in [3.63, 3.8) is 0 Å². The number of aromatic nitrogens is 4. The Morgan fingerprint density at radius 1 is 1.12 bits per heavy atom. The third-order valence-electron chi connectivity index (χ3n) is 7.50. The molecule has 0 unspecified atom stereocenters. The van der Waals surface area contributed by atoms with E-state index in [2.05, 4.69) is 15.3 Å². The number of hydrogen-bond donors (Lipinski definition) is 2. The molecule has 3 aromatic heterocycles. The van der Waals surface area contributed by atoms with Gasteiger partial charge in [-0.15, -0.1) is 0 Å². The third-order valence-corrected chi connectivity index (χ3v) is 7.50. The van der Waals surface area contributed by atoms with Crippen LogP contribution in [-0.2, 0) is 17.9 Å². The number of piperidine rings is 1. The monoisotopic (exact) mass is 567 g/mol. The number of hydrogen-bond acceptors (Lipinski definition) is 9.